The van der Waals surface area contributed by atoms with Crippen LogP contribution in [0.4, 0.5) is 16.3 Å². The van der Waals surface area contributed by atoms with Gasteiger partial charge in [-0.2, -0.15) is 0 Å². The van der Waals surface area contributed by atoms with Gasteiger partial charge in [0.1, 0.15) is 5.75 Å². The summed E-state index contributed by atoms with van der Waals surface area (Å²) in [6.45, 7) is 1.35. The van der Waals surface area contributed by atoms with Gasteiger partial charge < -0.3 is 32.3 Å². The summed E-state index contributed by atoms with van der Waals surface area (Å²) in [4.78, 5) is 32.4. The Morgan fingerprint density at radius 2 is 1.89 bits per heavy atom. The van der Waals surface area contributed by atoms with Gasteiger partial charge >= 0.3 is 6.03 Å². The Bertz CT molecular complexity index is 796. The summed E-state index contributed by atoms with van der Waals surface area (Å²) in [6, 6.07) is 4.32. The number of quaternary nitrogens is 1. The highest BCUT2D eigenvalue weighted by Crippen LogP contribution is 2.25. The monoisotopic (exact) mass is 408 g/mol. The van der Waals surface area contributed by atoms with Crippen LogP contribution in [0.2, 0.25) is 0 Å². The lowest BCUT2D eigenvalue weighted by atomic mass is 10.1. The molecule has 9 nitrogen and oxygen atoms in total. The zero-order valence-electron chi connectivity index (χ0n) is 16.3. The second-order valence-corrected chi connectivity index (χ2v) is 6.85. The van der Waals surface area contributed by atoms with Gasteiger partial charge in [0.15, 0.2) is 5.82 Å². The van der Waals surface area contributed by atoms with Crippen LogP contribution in [0.1, 0.15) is 10.4 Å². The smallest absolute Gasteiger partial charge is 0.324 e. The third-order valence-electron chi connectivity index (χ3n) is 3.58. The third kappa shape index (κ3) is 7.37. The van der Waals surface area contributed by atoms with Crippen molar-refractivity contribution in [1.29, 1.82) is 0 Å². The Kier molecular flexibility index (Phi) is 8.62. The summed E-state index contributed by atoms with van der Waals surface area (Å²) >= 11 is 0. The van der Waals surface area contributed by atoms with Gasteiger partial charge in [-0.15, -0.1) is 0 Å². The molecule has 3 N–H and O–H groups in total. The van der Waals surface area contributed by atoms with Crippen LogP contribution in [0.25, 0.3) is 0 Å². The van der Waals surface area contributed by atoms with Crippen molar-refractivity contribution in [2.75, 3.05) is 52.0 Å². The molecule has 0 bridgehead atoms. The first-order valence-electron chi connectivity index (χ1n) is 8.39. The summed E-state index contributed by atoms with van der Waals surface area (Å²) in [6.07, 6.45) is 4.40. The number of hydrogen-bond acceptors (Lipinski definition) is 5. The van der Waals surface area contributed by atoms with Gasteiger partial charge in [-0.1, -0.05) is 0 Å². The van der Waals surface area contributed by atoms with E-state index in [1.54, 1.807) is 18.2 Å². The SMILES string of the molecule is COc1ccc(C(=O)NCC[N+](C)(C)C)cc1NC(=O)Nc1cnccn1.[Cl-]. The summed E-state index contributed by atoms with van der Waals surface area (Å²) in [7, 11) is 7.65. The average Bonchev–Trinajstić information content (AvgIpc) is 2.61. The molecule has 10 heteroatoms. The Balaban J connectivity index is 0.00000392. The summed E-state index contributed by atoms with van der Waals surface area (Å²) in [5.74, 6) is 0.527. The van der Waals surface area contributed by atoms with Crippen LogP contribution < -0.4 is 33.1 Å². The van der Waals surface area contributed by atoms with Gasteiger partial charge in [0.25, 0.3) is 5.91 Å². The van der Waals surface area contributed by atoms with Crippen LogP contribution in [0.3, 0.4) is 0 Å². The predicted octanol–water partition coefficient (Wildman–Crippen LogP) is -1.43. The standard InChI is InChI=1S/C18H24N6O3.ClH/c1-24(2,3)10-9-21-17(25)13-5-6-15(27-4)14(11-13)22-18(26)23-16-12-19-7-8-20-16;/h5-8,11-12H,9-10H2,1-4H3,(H2-,20,21,22,23,25,26);1H. The molecule has 2 rings (SSSR count). The normalized spacial score (nSPS) is 10.4. The van der Waals surface area contributed by atoms with Crippen LogP contribution in [-0.4, -0.2) is 67.7 Å². The molecule has 0 aliphatic rings. The number of aromatic nitrogens is 2. The van der Waals surface area contributed by atoms with Gasteiger partial charge in [-0.05, 0) is 18.2 Å². The van der Waals surface area contributed by atoms with Crippen molar-refractivity contribution in [3.05, 3.63) is 42.4 Å². The van der Waals surface area contributed by atoms with E-state index in [9.17, 15) is 9.59 Å². The predicted molar refractivity (Wildman–Crippen MR) is 103 cm³/mol. The van der Waals surface area contributed by atoms with Crippen molar-refractivity contribution >= 4 is 23.4 Å². The molecule has 0 aliphatic carbocycles. The minimum absolute atomic E-state index is 0. The fourth-order valence-corrected chi connectivity index (χ4v) is 2.19. The van der Waals surface area contributed by atoms with Gasteiger partial charge in [0, 0.05) is 18.0 Å². The summed E-state index contributed by atoms with van der Waals surface area (Å²) in [5.41, 5.74) is 0.796. The average molecular weight is 409 g/mol. The molecular formula is C18H25ClN6O3. The number of benzene rings is 1. The molecule has 0 spiro atoms. The number of carbonyl (C=O) groups is 2. The molecule has 0 radical (unpaired) electrons. The highest BCUT2D eigenvalue weighted by Gasteiger charge is 2.14. The summed E-state index contributed by atoms with van der Waals surface area (Å²) < 4.78 is 6.00. The quantitative estimate of drug-likeness (QED) is 0.487. The molecular weight excluding hydrogens is 384 g/mol. The van der Waals surface area contributed by atoms with E-state index in [4.69, 9.17) is 4.74 Å². The van der Waals surface area contributed by atoms with Crippen LogP contribution in [0.15, 0.2) is 36.8 Å². The number of nitrogens with zero attached hydrogens (tertiary/aromatic N) is 3. The maximum absolute atomic E-state index is 12.4. The zero-order chi connectivity index (χ0) is 19.9. The summed E-state index contributed by atoms with van der Waals surface area (Å²) in [5, 5.41) is 8.09. The number of likely N-dealkylation sites (N-methyl/N-ethyl adjacent to an activating group) is 1. The number of ether oxygens (including phenoxy) is 1. The molecule has 152 valence electrons. The molecule has 0 atom stereocenters. The Morgan fingerprint density at radius 1 is 1.14 bits per heavy atom. The number of anilines is 2. The van der Waals surface area contributed by atoms with Crippen molar-refractivity contribution < 1.29 is 31.2 Å². The fourth-order valence-electron chi connectivity index (χ4n) is 2.19. The van der Waals surface area contributed by atoms with Gasteiger partial charge in [-0.3, -0.25) is 15.1 Å². The van der Waals surface area contributed by atoms with E-state index in [-0.39, 0.29) is 18.3 Å². The first kappa shape index (κ1) is 23.1. The van der Waals surface area contributed by atoms with E-state index in [0.29, 0.717) is 29.4 Å². The van der Waals surface area contributed by atoms with Crippen molar-refractivity contribution in [3.63, 3.8) is 0 Å². The van der Waals surface area contributed by atoms with E-state index in [1.807, 2.05) is 0 Å². The van der Waals surface area contributed by atoms with E-state index in [0.717, 1.165) is 11.0 Å². The first-order valence-corrected chi connectivity index (χ1v) is 8.39. The van der Waals surface area contributed by atoms with Crippen molar-refractivity contribution in [2.24, 2.45) is 0 Å². The van der Waals surface area contributed by atoms with E-state index < -0.39 is 6.03 Å². The number of amides is 3. The number of rotatable bonds is 7. The largest absolute Gasteiger partial charge is 1.00 e. The van der Waals surface area contributed by atoms with Crippen LogP contribution in [0.5, 0.6) is 5.75 Å². The minimum atomic E-state index is -0.517. The molecule has 0 unspecified atom stereocenters. The van der Waals surface area contributed by atoms with E-state index >= 15 is 0 Å². The molecule has 2 aromatic rings. The fraction of sp³-hybridized carbons (Fsp3) is 0.333. The van der Waals surface area contributed by atoms with Gasteiger partial charge in [-0.25, -0.2) is 9.78 Å². The Hall–Kier alpha value is -2.91. The van der Waals surface area contributed by atoms with Gasteiger partial charge in [0.2, 0.25) is 0 Å². The molecule has 0 aliphatic heterocycles. The lowest BCUT2D eigenvalue weighted by Crippen LogP contribution is -3.00. The van der Waals surface area contributed by atoms with Crippen LogP contribution in [-0.2, 0) is 0 Å². The van der Waals surface area contributed by atoms with Crippen molar-refractivity contribution in [3.8, 4) is 5.75 Å². The van der Waals surface area contributed by atoms with Gasteiger partial charge in [0.05, 0.1) is 53.2 Å². The Morgan fingerprint density at radius 3 is 2.50 bits per heavy atom. The number of nitrogens with one attached hydrogen (secondary N) is 3. The second kappa shape index (κ2) is 10.4. The molecule has 0 saturated heterocycles. The lowest BCUT2D eigenvalue weighted by molar-refractivity contribution is -0.869. The van der Waals surface area contributed by atoms with Crippen molar-refractivity contribution in [1.82, 2.24) is 15.3 Å². The lowest BCUT2D eigenvalue weighted by Gasteiger charge is -2.23. The molecule has 0 fully saturated rings. The van der Waals surface area contributed by atoms with E-state index in [2.05, 4.69) is 47.1 Å². The number of methoxy groups -OCH3 is 1. The number of urea groups is 1. The minimum Gasteiger partial charge on any atom is -1.00 e. The number of carbonyl (C=O) groups excluding carboxylic acids is 2. The van der Waals surface area contributed by atoms with E-state index in [1.165, 1.54) is 25.7 Å². The van der Waals surface area contributed by atoms with Crippen LogP contribution >= 0.6 is 0 Å². The van der Waals surface area contributed by atoms with Crippen LogP contribution in [0, 0.1) is 0 Å². The first-order chi connectivity index (χ1) is 12.8. The molecule has 3 amide bonds. The third-order valence-corrected chi connectivity index (χ3v) is 3.58. The number of hydrogen-bond donors (Lipinski definition) is 3. The zero-order valence-corrected chi connectivity index (χ0v) is 17.1. The molecule has 1 heterocycles. The highest BCUT2D eigenvalue weighted by molar-refractivity contribution is 6.02. The molecule has 1 aromatic carbocycles. The van der Waals surface area contributed by atoms with Crippen molar-refractivity contribution in [2.45, 2.75) is 0 Å². The number of halogens is 1. The molecule has 0 saturated carbocycles. The Labute approximate surface area is 170 Å². The maximum Gasteiger partial charge on any atom is 0.324 e. The molecule has 28 heavy (non-hydrogen) atoms. The molecule has 1 aromatic heterocycles. The maximum atomic E-state index is 12.4. The second-order valence-electron chi connectivity index (χ2n) is 6.85. The topological polar surface area (TPSA) is 105 Å². The highest BCUT2D eigenvalue weighted by atomic mass is 35.5.